The number of ether oxygens (including phenoxy) is 3. The Hall–Kier alpha value is -2.89. The standard InChI is InChI=1S/C69H124O6/c1-4-7-10-13-16-18-20-22-24-26-28-30-31-32-33-34-35-36-37-39-40-42-44-46-48-50-53-56-59-62-68(71)74-65-66(64-73-67(70)61-58-55-52-15-12-9-6-3)75-69(72)63-60-57-54-51-49-47-45-43-41-38-29-27-25-23-21-19-17-14-11-8-5-2/h20-23,26-29,31-32,66H,4-19,24-25,30,33-65H2,1-3H3/b22-20-,23-21-,28-26-,29-27-,32-31-. The first-order valence-corrected chi connectivity index (χ1v) is 32.8. The molecular formula is C69H124O6. The molecule has 1 unspecified atom stereocenters. The fourth-order valence-corrected chi connectivity index (χ4v) is 9.54. The quantitative estimate of drug-likeness (QED) is 0.0261. The van der Waals surface area contributed by atoms with Gasteiger partial charge in [-0.2, -0.15) is 0 Å². The number of unbranched alkanes of at least 4 members (excludes halogenated alkanes) is 39. The van der Waals surface area contributed by atoms with Crippen molar-refractivity contribution in [3.05, 3.63) is 60.8 Å². The molecule has 0 rings (SSSR count). The monoisotopic (exact) mass is 1050 g/mol. The van der Waals surface area contributed by atoms with Gasteiger partial charge in [-0.1, -0.05) is 293 Å². The lowest BCUT2D eigenvalue weighted by Crippen LogP contribution is -2.30. The highest BCUT2D eigenvalue weighted by Crippen LogP contribution is 2.17. The second-order valence-electron chi connectivity index (χ2n) is 22.0. The molecule has 0 aromatic carbocycles. The molecule has 0 aromatic heterocycles. The SMILES string of the molecule is CCCCCCC/C=C\C/C=C\C/C=C\CCCCCCCCCCCCCCCCC(=O)OCC(COC(=O)CCCCCCCCC)OC(=O)CCCCCCCCCCC/C=C\C/C=C\CCCCCCC. The van der Waals surface area contributed by atoms with Gasteiger partial charge in [-0.3, -0.25) is 14.4 Å². The zero-order valence-corrected chi connectivity index (χ0v) is 50.1. The van der Waals surface area contributed by atoms with Crippen molar-refractivity contribution in [2.24, 2.45) is 0 Å². The smallest absolute Gasteiger partial charge is 0.306 e. The number of allylic oxidation sites excluding steroid dienone is 10. The van der Waals surface area contributed by atoms with Gasteiger partial charge in [-0.05, 0) is 89.9 Å². The molecule has 0 saturated heterocycles. The third kappa shape index (κ3) is 61.8. The van der Waals surface area contributed by atoms with Gasteiger partial charge >= 0.3 is 17.9 Å². The van der Waals surface area contributed by atoms with Crippen LogP contribution in [0, 0.1) is 0 Å². The summed E-state index contributed by atoms with van der Waals surface area (Å²) in [5.41, 5.74) is 0. The average molecular weight is 1050 g/mol. The molecule has 0 aromatic rings. The van der Waals surface area contributed by atoms with Crippen LogP contribution in [-0.2, 0) is 28.6 Å². The highest BCUT2D eigenvalue weighted by Gasteiger charge is 2.19. The summed E-state index contributed by atoms with van der Waals surface area (Å²) in [5.74, 6) is -0.869. The zero-order valence-electron chi connectivity index (χ0n) is 50.1. The molecule has 0 aliphatic carbocycles. The van der Waals surface area contributed by atoms with E-state index < -0.39 is 6.10 Å². The maximum absolute atomic E-state index is 12.9. The van der Waals surface area contributed by atoms with Crippen molar-refractivity contribution < 1.29 is 28.6 Å². The molecule has 0 aliphatic heterocycles. The van der Waals surface area contributed by atoms with Gasteiger partial charge in [0.15, 0.2) is 6.10 Å². The Morgan fingerprint density at radius 2 is 0.480 bits per heavy atom. The van der Waals surface area contributed by atoms with E-state index in [1.165, 1.54) is 225 Å². The predicted octanol–water partition coefficient (Wildman–Crippen LogP) is 22.3. The van der Waals surface area contributed by atoms with Crippen LogP contribution in [0.2, 0.25) is 0 Å². The van der Waals surface area contributed by atoms with Gasteiger partial charge in [0.1, 0.15) is 13.2 Å². The van der Waals surface area contributed by atoms with Crippen molar-refractivity contribution in [3.63, 3.8) is 0 Å². The van der Waals surface area contributed by atoms with Crippen molar-refractivity contribution in [2.45, 2.75) is 348 Å². The van der Waals surface area contributed by atoms with Crippen LogP contribution in [0.4, 0.5) is 0 Å². The molecule has 6 heteroatoms. The van der Waals surface area contributed by atoms with Crippen LogP contribution in [-0.4, -0.2) is 37.2 Å². The Morgan fingerprint density at radius 3 is 0.747 bits per heavy atom. The van der Waals surface area contributed by atoms with E-state index in [-0.39, 0.29) is 31.1 Å². The highest BCUT2D eigenvalue weighted by molar-refractivity contribution is 5.71. The Kier molecular flexibility index (Phi) is 61.2. The van der Waals surface area contributed by atoms with Crippen LogP contribution in [0.15, 0.2) is 60.8 Å². The van der Waals surface area contributed by atoms with E-state index in [2.05, 4.69) is 81.5 Å². The molecule has 75 heavy (non-hydrogen) atoms. The first-order chi connectivity index (χ1) is 37.0. The molecule has 436 valence electrons. The van der Waals surface area contributed by atoms with Crippen LogP contribution in [0.3, 0.4) is 0 Å². The Labute approximate surface area is 466 Å². The average Bonchev–Trinajstić information content (AvgIpc) is 3.41. The summed E-state index contributed by atoms with van der Waals surface area (Å²) in [6.07, 6.45) is 81.2. The van der Waals surface area contributed by atoms with Crippen LogP contribution in [0.5, 0.6) is 0 Å². The second-order valence-corrected chi connectivity index (χ2v) is 22.0. The van der Waals surface area contributed by atoms with E-state index in [4.69, 9.17) is 14.2 Å². The normalized spacial score (nSPS) is 12.4. The molecular weight excluding hydrogens is 925 g/mol. The van der Waals surface area contributed by atoms with Gasteiger partial charge in [0, 0.05) is 19.3 Å². The van der Waals surface area contributed by atoms with E-state index in [1.807, 2.05) is 0 Å². The van der Waals surface area contributed by atoms with E-state index in [0.717, 1.165) is 77.0 Å². The molecule has 0 amide bonds. The maximum atomic E-state index is 12.9. The molecule has 1 atom stereocenters. The Bertz CT molecular complexity index is 1340. The minimum absolute atomic E-state index is 0.0733. The van der Waals surface area contributed by atoms with Crippen molar-refractivity contribution in [3.8, 4) is 0 Å². The first-order valence-electron chi connectivity index (χ1n) is 32.8. The molecule has 0 fully saturated rings. The topological polar surface area (TPSA) is 78.9 Å². The number of hydrogen-bond acceptors (Lipinski definition) is 6. The van der Waals surface area contributed by atoms with Crippen LogP contribution >= 0.6 is 0 Å². The van der Waals surface area contributed by atoms with E-state index in [0.29, 0.717) is 19.3 Å². The Morgan fingerprint density at radius 1 is 0.267 bits per heavy atom. The van der Waals surface area contributed by atoms with E-state index in [9.17, 15) is 14.4 Å². The molecule has 0 aliphatic rings. The predicted molar refractivity (Wildman–Crippen MR) is 325 cm³/mol. The van der Waals surface area contributed by atoms with Crippen molar-refractivity contribution in [1.82, 2.24) is 0 Å². The Balaban J connectivity index is 4.09. The van der Waals surface area contributed by atoms with Gasteiger partial charge in [-0.25, -0.2) is 0 Å². The lowest BCUT2D eigenvalue weighted by Gasteiger charge is -2.18. The number of carbonyl (C=O) groups is 3. The number of esters is 3. The molecule has 0 radical (unpaired) electrons. The minimum Gasteiger partial charge on any atom is -0.462 e. The largest absolute Gasteiger partial charge is 0.462 e. The number of carbonyl (C=O) groups excluding carboxylic acids is 3. The van der Waals surface area contributed by atoms with Gasteiger partial charge in [-0.15, -0.1) is 0 Å². The summed E-state index contributed by atoms with van der Waals surface area (Å²) < 4.78 is 16.8. The molecule has 0 N–H and O–H groups in total. The van der Waals surface area contributed by atoms with Gasteiger partial charge < -0.3 is 14.2 Å². The molecule has 0 bridgehead atoms. The molecule has 6 nitrogen and oxygen atoms in total. The zero-order chi connectivity index (χ0) is 54.3. The third-order valence-electron chi connectivity index (χ3n) is 14.5. The summed E-state index contributed by atoms with van der Waals surface area (Å²) in [4.78, 5) is 38.1. The third-order valence-corrected chi connectivity index (χ3v) is 14.5. The summed E-state index contributed by atoms with van der Waals surface area (Å²) in [6.45, 7) is 6.61. The fraction of sp³-hybridized carbons (Fsp3) is 0.812. The lowest BCUT2D eigenvalue weighted by atomic mass is 10.0. The molecule has 0 saturated carbocycles. The lowest BCUT2D eigenvalue weighted by molar-refractivity contribution is -0.167. The van der Waals surface area contributed by atoms with Crippen LogP contribution in [0.25, 0.3) is 0 Å². The van der Waals surface area contributed by atoms with Crippen LogP contribution < -0.4 is 0 Å². The summed E-state index contributed by atoms with van der Waals surface area (Å²) in [6, 6.07) is 0. The van der Waals surface area contributed by atoms with E-state index >= 15 is 0 Å². The van der Waals surface area contributed by atoms with E-state index in [1.54, 1.807) is 0 Å². The van der Waals surface area contributed by atoms with Crippen molar-refractivity contribution >= 4 is 17.9 Å². The second kappa shape index (κ2) is 63.6. The summed E-state index contributed by atoms with van der Waals surface area (Å²) >= 11 is 0. The highest BCUT2D eigenvalue weighted by atomic mass is 16.6. The van der Waals surface area contributed by atoms with Gasteiger partial charge in [0.2, 0.25) is 0 Å². The van der Waals surface area contributed by atoms with Crippen molar-refractivity contribution in [1.29, 1.82) is 0 Å². The number of hydrogen-bond donors (Lipinski definition) is 0. The summed E-state index contributed by atoms with van der Waals surface area (Å²) in [5, 5.41) is 0. The molecule has 0 spiro atoms. The first kappa shape index (κ1) is 72.1. The molecule has 0 heterocycles. The van der Waals surface area contributed by atoms with Gasteiger partial charge in [0.25, 0.3) is 0 Å². The number of rotatable bonds is 60. The summed E-state index contributed by atoms with van der Waals surface area (Å²) in [7, 11) is 0. The van der Waals surface area contributed by atoms with Crippen LogP contribution in [0.1, 0.15) is 342 Å². The fourth-order valence-electron chi connectivity index (χ4n) is 9.54. The maximum Gasteiger partial charge on any atom is 0.306 e. The van der Waals surface area contributed by atoms with Gasteiger partial charge in [0.05, 0.1) is 0 Å². The van der Waals surface area contributed by atoms with Crippen molar-refractivity contribution in [2.75, 3.05) is 13.2 Å². The minimum atomic E-state index is -0.773.